The molecule has 0 unspecified atom stereocenters. The molecule has 2 aromatic carbocycles. The SMILES string of the molecule is CC(C)C[C@@H]1[NH2+][C@@H](c2ccc(Cl)c(Cl)c2)[C@H]2C(=O)N(c3ccccc3)C(=O)[C@H]21. The fourth-order valence-electron chi connectivity index (χ4n) is 4.69. The molecule has 2 fully saturated rings. The molecule has 146 valence electrons. The molecule has 4 atom stereocenters. The molecule has 6 heteroatoms. The molecule has 4 rings (SSSR count). The largest absolute Gasteiger partial charge is 0.336 e. The monoisotopic (exact) mass is 417 g/mol. The van der Waals surface area contributed by atoms with Crippen molar-refractivity contribution in [3.8, 4) is 0 Å². The van der Waals surface area contributed by atoms with Crippen molar-refractivity contribution in [2.24, 2.45) is 17.8 Å². The molecule has 0 saturated carbocycles. The van der Waals surface area contributed by atoms with Crippen molar-refractivity contribution >= 4 is 40.7 Å². The molecular weight excluding hydrogens is 395 g/mol. The van der Waals surface area contributed by atoms with Gasteiger partial charge < -0.3 is 5.32 Å². The lowest BCUT2D eigenvalue weighted by Gasteiger charge is -2.21. The van der Waals surface area contributed by atoms with Crippen LogP contribution >= 0.6 is 23.2 Å². The Balaban J connectivity index is 1.75. The fraction of sp³-hybridized carbons (Fsp3) is 0.364. The Hall–Kier alpha value is -1.88. The number of para-hydroxylation sites is 1. The number of nitrogens with zero attached hydrogens (tertiary/aromatic N) is 1. The first-order valence-electron chi connectivity index (χ1n) is 9.61. The number of carbonyl (C=O) groups is 2. The van der Waals surface area contributed by atoms with Crippen LogP contribution in [0.5, 0.6) is 0 Å². The standard InChI is InChI=1S/C22H22Cl2N2O2/c1-12(2)10-17-18-19(20(25-17)13-8-9-15(23)16(24)11-13)22(28)26(21(18)27)14-6-4-3-5-7-14/h3-9,11-12,17-20,25H,10H2,1-2H3/p+1/t17-,18-,19-,20-/m0/s1. The van der Waals surface area contributed by atoms with E-state index in [1.54, 1.807) is 6.07 Å². The van der Waals surface area contributed by atoms with Gasteiger partial charge in [-0.25, -0.2) is 4.90 Å². The van der Waals surface area contributed by atoms with Crippen molar-refractivity contribution < 1.29 is 14.9 Å². The predicted molar refractivity (Wildman–Crippen MR) is 110 cm³/mol. The molecule has 2 aromatic rings. The third-order valence-electron chi connectivity index (χ3n) is 5.79. The number of hydrogen-bond donors (Lipinski definition) is 1. The van der Waals surface area contributed by atoms with Crippen LogP contribution in [-0.2, 0) is 9.59 Å². The van der Waals surface area contributed by atoms with Gasteiger partial charge in [0.15, 0.2) is 0 Å². The molecule has 2 N–H and O–H groups in total. The number of anilines is 1. The van der Waals surface area contributed by atoms with E-state index in [2.05, 4.69) is 19.2 Å². The average Bonchev–Trinajstić information content (AvgIpc) is 3.15. The minimum Gasteiger partial charge on any atom is -0.336 e. The van der Waals surface area contributed by atoms with E-state index in [1.807, 2.05) is 42.5 Å². The summed E-state index contributed by atoms with van der Waals surface area (Å²) in [5.41, 5.74) is 1.58. The zero-order chi connectivity index (χ0) is 20.0. The first-order valence-corrected chi connectivity index (χ1v) is 10.4. The van der Waals surface area contributed by atoms with E-state index in [0.717, 1.165) is 12.0 Å². The molecule has 0 bridgehead atoms. The van der Waals surface area contributed by atoms with Gasteiger partial charge in [-0.05, 0) is 30.2 Å². The van der Waals surface area contributed by atoms with Crippen LogP contribution in [0, 0.1) is 17.8 Å². The lowest BCUT2D eigenvalue weighted by atomic mass is 9.84. The third kappa shape index (κ3) is 3.24. The predicted octanol–water partition coefficient (Wildman–Crippen LogP) is 3.83. The smallest absolute Gasteiger partial charge is 0.244 e. The van der Waals surface area contributed by atoms with Crippen molar-refractivity contribution in [1.82, 2.24) is 0 Å². The summed E-state index contributed by atoms with van der Waals surface area (Å²) in [4.78, 5) is 28.1. The van der Waals surface area contributed by atoms with Crippen molar-refractivity contribution in [1.29, 1.82) is 0 Å². The number of amides is 2. The molecule has 4 nitrogen and oxygen atoms in total. The topological polar surface area (TPSA) is 54.0 Å². The lowest BCUT2D eigenvalue weighted by Crippen LogP contribution is -2.89. The summed E-state index contributed by atoms with van der Waals surface area (Å²) in [5, 5.41) is 3.14. The van der Waals surface area contributed by atoms with Crippen LogP contribution in [0.25, 0.3) is 0 Å². The molecule has 28 heavy (non-hydrogen) atoms. The molecule has 0 aliphatic carbocycles. The third-order valence-corrected chi connectivity index (χ3v) is 6.53. The van der Waals surface area contributed by atoms with Gasteiger partial charge in [-0.15, -0.1) is 0 Å². The van der Waals surface area contributed by atoms with Crippen molar-refractivity contribution in [3.05, 3.63) is 64.1 Å². The first-order chi connectivity index (χ1) is 13.4. The highest BCUT2D eigenvalue weighted by Gasteiger charge is 2.62. The van der Waals surface area contributed by atoms with Crippen LogP contribution in [0.4, 0.5) is 5.69 Å². The summed E-state index contributed by atoms with van der Waals surface area (Å²) in [6, 6.07) is 14.6. The van der Waals surface area contributed by atoms with E-state index in [9.17, 15) is 9.59 Å². The summed E-state index contributed by atoms with van der Waals surface area (Å²) in [5.74, 6) is -0.503. The van der Waals surface area contributed by atoms with Crippen molar-refractivity contribution in [2.75, 3.05) is 4.90 Å². The normalized spacial score (nSPS) is 27.0. The van der Waals surface area contributed by atoms with E-state index in [1.165, 1.54) is 4.90 Å². The van der Waals surface area contributed by atoms with Gasteiger partial charge in [0.05, 0.1) is 21.8 Å². The maximum absolute atomic E-state index is 13.4. The van der Waals surface area contributed by atoms with Gasteiger partial charge in [0.25, 0.3) is 0 Å². The van der Waals surface area contributed by atoms with E-state index >= 15 is 0 Å². The Bertz CT molecular complexity index is 916. The number of halogens is 2. The summed E-state index contributed by atoms with van der Waals surface area (Å²) in [6.07, 6.45) is 0.876. The summed E-state index contributed by atoms with van der Waals surface area (Å²) in [6.45, 7) is 4.29. The molecule has 0 spiro atoms. The van der Waals surface area contributed by atoms with Crippen LogP contribution in [0.3, 0.4) is 0 Å². The van der Waals surface area contributed by atoms with E-state index in [4.69, 9.17) is 23.2 Å². The van der Waals surface area contributed by atoms with Gasteiger partial charge in [-0.3, -0.25) is 9.59 Å². The van der Waals surface area contributed by atoms with Gasteiger partial charge in [-0.2, -0.15) is 0 Å². The molecular formula is C22H23Cl2N2O2+. The quantitative estimate of drug-likeness (QED) is 0.768. The van der Waals surface area contributed by atoms with E-state index in [-0.39, 0.29) is 29.8 Å². The summed E-state index contributed by atoms with van der Waals surface area (Å²) < 4.78 is 0. The van der Waals surface area contributed by atoms with Gasteiger partial charge in [-0.1, -0.05) is 61.3 Å². The summed E-state index contributed by atoms with van der Waals surface area (Å²) in [7, 11) is 0. The van der Waals surface area contributed by atoms with Gasteiger partial charge in [0.2, 0.25) is 11.8 Å². The van der Waals surface area contributed by atoms with Crippen LogP contribution in [0.2, 0.25) is 10.0 Å². The van der Waals surface area contributed by atoms with Crippen LogP contribution < -0.4 is 10.2 Å². The average molecular weight is 418 g/mol. The van der Waals surface area contributed by atoms with Crippen LogP contribution in [0.15, 0.2) is 48.5 Å². The molecule has 2 amide bonds. The number of nitrogens with two attached hydrogens (primary N) is 1. The molecule has 2 heterocycles. The molecule has 2 saturated heterocycles. The lowest BCUT2D eigenvalue weighted by molar-refractivity contribution is -0.712. The Labute approximate surface area is 174 Å². The summed E-state index contributed by atoms with van der Waals surface area (Å²) >= 11 is 12.3. The van der Waals surface area contributed by atoms with Crippen LogP contribution in [-0.4, -0.2) is 17.9 Å². The Morgan fingerprint density at radius 2 is 1.64 bits per heavy atom. The maximum Gasteiger partial charge on any atom is 0.244 e. The minimum atomic E-state index is -0.395. The Morgan fingerprint density at radius 3 is 2.29 bits per heavy atom. The van der Waals surface area contributed by atoms with Gasteiger partial charge in [0, 0.05) is 12.0 Å². The second-order valence-corrected chi connectivity index (χ2v) is 8.90. The van der Waals surface area contributed by atoms with Gasteiger partial charge >= 0.3 is 0 Å². The van der Waals surface area contributed by atoms with Gasteiger partial charge in [0.1, 0.15) is 17.9 Å². The number of quaternary nitrogens is 1. The maximum atomic E-state index is 13.4. The second kappa shape index (κ2) is 7.51. The first kappa shape index (κ1) is 19.4. The highest BCUT2D eigenvalue weighted by Crippen LogP contribution is 2.43. The number of rotatable bonds is 4. The van der Waals surface area contributed by atoms with E-state index < -0.39 is 5.92 Å². The molecule has 2 aliphatic rings. The number of hydrogen-bond acceptors (Lipinski definition) is 2. The number of carbonyl (C=O) groups excluding carboxylic acids is 2. The van der Waals surface area contributed by atoms with Crippen molar-refractivity contribution in [2.45, 2.75) is 32.4 Å². The molecule has 0 aromatic heterocycles. The fourth-order valence-corrected chi connectivity index (χ4v) is 4.99. The second-order valence-electron chi connectivity index (χ2n) is 8.08. The molecule has 0 radical (unpaired) electrons. The molecule has 2 aliphatic heterocycles. The zero-order valence-corrected chi connectivity index (χ0v) is 17.3. The number of benzene rings is 2. The Morgan fingerprint density at radius 1 is 0.964 bits per heavy atom. The van der Waals surface area contributed by atoms with E-state index in [0.29, 0.717) is 21.7 Å². The number of imide groups is 1. The highest BCUT2D eigenvalue weighted by atomic mass is 35.5. The van der Waals surface area contributed by atoms with Crippen molar-refractivity contribution in [3.63, 3.8) is 0 Å². The Kier molecular flexibility index (Phi) is 5.21. The minimum absolute atomic E-state index is 0.0645. The zero-order valence-electron chi connectivity index (χ0n) is 15.8. The highest BCUT2D eigenvalue weighted by molar-refractivity contribution is 6.42. The van der Waals surface area contributed by atoms with Crippen LogP contribution in [0.1, 0.15) is 31.9 Å². The number of fused-ring (bicyclic) bond motifs is 1.